The zero-order valence-electron chi connectivity index (χ0n) is 11.3. The van der Waals surface area contributed by atoms with Gasteiger partial charge in [0.2, 0.25) is 5.91 Å². The van der Waals surface area contributed by atoms with E-state index in [1.54, 1.807) is 0 Å². The van der Waals surface area contributed by atoms with Crippen molar-refractivity contribution in [3.63, 3.8) is 0 Å². The van der Waals surface area contributed by atoms with Crippen molar-refractivity contribution < 1.29 is 4.79 Å². The van der Waals surface area contributed by atoms with E-state index >= 15 is 0 Å². The second-order valence-corrected chi connectivity index (χ2v) is 6.10. The summed E-state index contributed by atoms with van der Waals surface area (Å²) in [4.78, 5) is 14.7. The second kappa shape index (κ2) is 5.33. The molecule has 4 rings (SSSR count). The summed E-state index contributed by atoms with van der Waals surface area (Å²) in [5.74, 6) is 1.80. The number of hydrogen-bond acceptors (Lipinski definition) is 4. The van der Waals surface area contributed by atoms with Gasteiger partial charge < -0.3 is 10.2 Å². The predicted molar refractivity (Wildman–Crippen MR) is 75.6 cm³/mol. The van der Waals surface area contributed by atoms with E-state index in [1.165, 1.54) is 0 Å². The van der Waals surface area contributed by atoms with Gasteiger partial charge in [-0.05, 0) is 24.7 Å². The third-order valence-corrected chi connectivity index (χ3v) is 4.94. The number of aromatic amines is 1. The average molecular weight is 298 g/mol. The van der Waals surface area contributed by atoms with E-state index in [2.05, 4.69) is 25.6 Å². The molecule has 3 atom stereocenters. The fourth-order valence-corrected chi connectivity index (χ4v) is 3.79. The fourth-order valence-electron chi connectivity index (χ4n) is 3.79. The molecule has 0 radical (unpaired) electrons. The first kappa shape index (κ1) is 13.8. The molecule has 1 amide bonds. The maximum absolute atomic E-state index is 12.6. The first-order valence-corrected chi connectivity index (χ1v) is 7.19. The van der Waals surface area contributed by atoms with Crippen molar-refractivity contribution in [2.45, 2.75) is 19.3 Å². The minimum absolute atomic E-state index is 0. The van der Waals surface area contributed by atoms with E-state index in [9.17, 15) is 4.79 Å². The molecule has 0 bridgehead atoms. The van der Waals surface area contributed by atoms with Gasteiger partial charge in [-0.1, -0.05) is 5.21 Å². The van der Waals surface area contributed by atoms with Crippen LogP contribution in [-0.4, -0.2) is 52.4 Å². The minimum atomic E-state index is 0. The highest BCUT2D eigenvalue weighted by Gasteiger charge is 2.40. The molecule has 0 spiro atoms. The van der Waals surface area contributed by atoms with E-state index in [1.807, 2.05) is 0 Å². The summed E-state index contributed by atoms with van der Waals surface area (Å²) in [6.07, 6.45) is 2.59. The molecule has 7 heteroatoms. The summed E-state index contributed by atoms with van der Waals surface area (Å²) in [5, 5.41) is 14.3. The number of halogens is 1. The molecular formula is C13H20ClN5O. The maximum Gasteiger partial charge on any atom is 0.226 e. The molecule has 2 fully saturated rings. The Labute approximate surface area is 124 Å². The molecule has 1 aromatic heterocycles. The van der Waals surface area contributed by atoms with Crippen molar-refractivity contribution >= 4 is 18.3 Å². The molecule has 2 N–H and O–H groups in total. The highest BCUT2D eigenvalue weighted by Crippen LogP contribution is 2.30. The molecule has 20 heavy (non-hydrogen) atoms. The van der Waals surface area contributed by atoms with Crippen molar-refractivity contribution in [2.24, 2.45) is 17.8 Å². The van der Waals surface area contributed by atoms with Gasteiger partial charge in [-0.25, -0.2) is 0 Å². The monoisotopic (exact) mass is 297 g/mol. The normalized spacial score (nSPS) is 31.6. The zero-order valence-corrected chi connectivity index (χ0v) is 12.2. The molecule has 0 aromatic carbocycles. The van der Waals surface area contributed by atoms with Crippen LogP contribution in [0.3, 0.4) is 0 Å². The van der Waals surface area contributed by atoms with Gasteiger partial charge in [0.15, 0.2) is 0 Å². The number of nitrogens with zero attached hydrogens (tertiary/aromatic N) is 3. The topological polar surface area (TPSA) is 73.9 Å². The van der Waals surface area contributed by atoms with Crippen LogP contribution in [0.2, 0.25) is 0 Å². The van der Waals surface area contributed by atoms with Crippen LogP contribution in [0.1, 0.15) is 17.8 Å². The summed E-state index contributed by atoms with van der Waals surface area (Å²) >= 11 is 0. The summed E-state index contributed by atoms with van der Waals surface area (Å²) in [5.41, 5.74) is 2.11. The van der Waals surface area contributed by atoms with E-state index in [-0.39, 0.29) is 18.3 Å². The number of hydrogen-bond donors (Lipinski definition) is 2. The summed E-state index contributed by atoms with van der Waals surface area (Å²) in [6.45, 7) is 4.04. The van der Waals surface area contributed by atoms with Crippen LogP contribution in [-0.2, 0) is 17.6 Å². The number of carbonyl (C=O) groups excluding carboxylic acids is 1. The summed E-state index contributed by atoms with van der Waals surface area (Å²) < 4.78 is 0. The molecule has 1 aromatic rings. The Kier molecular flexibility index (Phi) is 3.69. The lowest BCUT2D eigenvalue weighted by molar-refractivity contribution is -0.135. The van der Waals surface area contributed by atoms with Crippen molar-refractivity contribution in [2.75, 3.05) is 26.2 Å². The highest BCUT2D eigenvalue weighted by molar-refractivity contribution is 5.85. The van der Waals surface area contributed by atoms with Crippen LogP contribution in [0.25, 0.3) is 0 Å². The minimum Gasteiger partial charge on any atom is -0.342 e. The summed E-state index contributed by atoms with van der Waals surface area (Å²) in [7, 11) is 0. The Hall–Kier alpha value is -1.14. The van der Waals surface area contributed by atoms with Crippen LogP contribution >= 0.6 is 12.4 Å². The average Bonchev–Trinajstić information content (AvgIpc) is 3.11. The predicted octanol–water partition coefficient (Wildman–Crippen LogP) is 0.00920. The van der Waals surface area contributed by atoms with Gasteiger partial charge in [0.25, 0.3) is 0 Å². The first-order chi connectivity index (χ1) is 9.31. The SMILES string of the molecule is Cl.O=C(C1CCc2[nH]nnc2C1)N1C[C@H]2CNC[C@@H]2C1. The smallest absolute Gasteiger partial charge is 0.226 e. The molecule has 1 aliphatic carbocycles. The Morgan fingerprint density at radius 2 is 2.00 bits per heavy atom. The number of fused-ring (bicyclic) bond motifs is 2. The number of amides is 1. The zero-order chi connectivity index (χ0) is 12.8. The molecule has 3 heterocycles. The highest BCUT2D eigenvalue weighted by atomic mass is 35.5. The third kappa shape index (κ3) is 2.20. The van der Waals surface area contributed by atoms with Gasteiger partial charge in [0.05, 0.1) is 11.4 Å². The molecule has 6 nitrogen and oxygen atoms in total. The lowest BCUT2D eigenvalue weighted by Gasteiger charge is -2.26. The molecule has 110 valence electrons. The number of likely N-dealkylation sites (tertiary alicyclic amines) is 1. The Bertz CT molecular complexity index is 493. The standard InChI is InChI=1S/C13H19N5O.ClH/c19-13(18-6-9-4-14-5-10(9)7-18)8-1-2-11-12(3-8)16-17-15-11;/h8-10,14H,1-7H2,(H,15,16,17);1H/t8?,9-,10-;/m1./s1. The van der Waals surface area contributed by atoms with Gasteiger partial charge in [-0.15, -0.1) is 17.5 Å². The third-order valence-electron chi connectivity index (χ3n) is 4.94. The lowest BCUT2D eigenvalue weighted by atomic mass is 9.89. The van der Waals surface area contributed by atoms with Crippen LogP contribution in [0.4, 0.5) is 0 Å². The molecular weight excluding hydrogens is 278 g/mol. The first-order valence-electron chi connectivity index (χ1n) is 7.19. The molecule has 1 unspecified atom stereocenters. The molecule has 2 saturated heterocycles. The maximum atomic E-state index is 12.6. The van der Waals surface area contributed by atoms with Crippen LogP contribution in [0.5, 0.6) is 0 Å². The van der Waals surface area contributed by atoms with Crippen LogP contribution in [0.15, 0.2) is 0 Å². The summed E-state index contributed by atoms with van der Waals surface area (Å²) in [6, 6.07) is 0. The van der Waals surface area contributed by atoms with Gasteiger partial charge in [-0.3, -0.25) is 9.89 Å². The van der Waals surface area contributed by atoms with Crippen molar-refractivity contribution in [1.82, 2.24) is 25.6 Å². The van der Waals surface area contributed by atoms with Gasteiger partial charge >= 0.3 is 0 Å². The Morgan fingerprint density at radius 1 is 1.25 bits per heavy atom. The largest absolute Gasteiger partial charge is 0.342 e. The molecule has 0 saturated carbocycles. The Morgan fingerprint density at radius 3 is 2.75 bits per heavy atom. The van der Waals surface area contributed by atoms with Crippen molar-refractivity contribution in [3.8, 4) is 0 Å². The van der Waals surface area contributed by atoms with Gasteiger partial charge in [-0.2, -0.15) is 0 Å². The number of aromatic nitrogens is 3. The van der Waals surface area contributed by atoms with Gasteiger partial charge in [0, 0.05) is 38.5 Å². The number of aryl methyl sites for hydroxylation is 1. The quantitative estimate of drug-likeness (QED) is 0.766. The second-order valence-electron chi connectivity index (χ2n) is 6.10. The van der Waals surface area contributed by atoms with Crippen molar-refractivity contribution in [3.05, 3.63) is 11.4 Å². The van der Waals surface area contributed by atoms with Crippen LogP contribution < -0.4 is 5.32 Å². The van der Waals surface area contributed by atoms with E-state index in [0.29, 0.717) is 17.7 Å². The van der Waals surface area contributed by atoms with E-state index < -0.39 is 0 Å². The molecule has 3 aliphatic rings. The van der Waals surface area contributed by atoms with E-state index in [0.717, 1.165) is 56.8 Å². The fraction of sp³-hybridized carbons (Fsp3) is 0.769. The number of H-pyrrole nitrogens is 1. The van der Waals surface area contributed by atoms with Gasteiger partial charge in [0.1, 0.15) is 0 Å². The number of rotatable bonds is 1. The molecule has 2 aliphatic heterocycles. The van der Waals surface area contributed by atoms with Crippen molar-refractivity contribution in [1.29, 1.82) is 0 Å². The Balaban J connectivity index is 0.00000121. The van der Waals surface area contributed by atoms with E-state index in [4.69, 9.17) is 0 Å². The number of nitrogens with one attached hydrogen (secondary N) is 2. The van der Waals surface area contributed by atoms with Crippen LogP contribution in [0, 0.1) is 17.8 Å². The lowest BCUT2D eigenvalue weighted by Crippen LogP contribution is -2.38. The number of carbonyl (C=O) groups is 1.